The van der Waals surface area contributed by atoms with Gasteiger partial charge in [-0.3, -0.25) is 9.59 Å². The number of alkyl halides is 6. The smallest absolute Gasteiger partial charge is 0.381 e. The summed E-state index contributed by atoms with van der Waals surface area (Å²) in [5, 5.41) is 13.4. The lowest BCUT2D eigenvalue weighted by molar-refractivity contribution is -0.192. The summed E-state index contributed by atoms with van der Waals surface area (Å²) < 4.78 is 87.8. The Morgan fingerprint density at radius 1 is 1.10 bits per heavy atom. The van der Waals surface area contributed by atoms with E-state index in [9.17, 15) is 35.9 Å². The Hall–Kier alpha value is -3.23. The first-order valence-corrected chi connectivity index (χ1v) is 14.0. The number of hydrogen-bond donors (Lipinski definition) is 1. The number of tetrazole rings is 1. The number of benzene rings is 1. The van der Waals surface area contributed by atoms with Crippen LogP contribution in [0.15, 0.2) is 12.1 Å². The van der Waals surface area contributed by atoms with Crippen LogP contribution in [-0.2, 0) is 33.5 Å². The first-order valence-electron chi connectivity index (χ1n) is 14.0. The van der Waals surface area contributed by atoms with Gasteiger partial charge in [0.1, 0.15) is 0 Å². The molecule has 0 radical (unpaired) electrons. The molecule has 0 unspecified atom stereocenters. The third-order valence-electron chi connectivity index (χ3n) is 9.05. The minimum absolute atomic E-state index is 0.0111. The van der Waals surface area contributed by atoms with Gasteiger partial charge in [0, 0.05) is 44.0 Å². The number of nitrogens with one attached hydrogen (secondary N) is 1. The third-order valence-corrected chi connectivity index (χ3v) is 9.05. The van der Waals surface area contributed by atoms with E-state index in [2.05, 4.69) is 20.6 Å². The highest BCUT2D eigenvalue weighted by atomic mass is 19.4. The molecule has 1 aliphatic carbocycles. The molecule has 3 aliphatic rings. The maximum Gasteiger partial charge on any atom is 0.471 e. The molecule has 5 rings (SSSR count). The number of amides is 2. The van der Waals surface area contributed by atoms with Gasteiger partial charge < -0.3 is 14.5 Å². The number of halogens is 6. The Morgan fingerprint density at radius 2 is 1.81 bits per heavy atom. The number of aromatic amines is 1. The van der Waals surface area contributed by atoms with Gasteiger partial charge in [-0.25, -0.2) is 0 Å². The fourth-order valence-corrected chi connectivity index (χ4v) is 6.82. The fourth-order valence-electron chi connectivity index (χ4n) is 6.82. The van der Waals surface area contributed by atoms with Crippen molar-refractivity contribution in [2.24, 2.45) is 11.3 Å². The molecule has 0 bridgehead atoms. The molecule has 2 atom stereocenters. The van der Waals surface area contributed by atoms with E-state index in [4.69, 9.17) is 4.74 Å². The summed E-state index contributed by atoms with van der Waals surface area (Å²) in [6, 6.07) is 0.544. The first kappa shape index (κ1) is 30.2. The highest BCUT2D eigenvalue weighted by Crippen LogP contribution is 2.49. The molecule has 2 aromatic rings. The molecule has 1 saturated carbocycles. The number of rotatable bonds is 5. The van der Waals surface area contributed by atoms with Gasteiger partial charge in [-0.15, -0.1) is 10.2 Å². The summed E-state index contributed by atoms with van der Waals surface area (Å²) in [7, 11) is 0. The van der Waals surface area contributed by atoms with E-state index in [1.807, 2.05) is 13.8 Å². The van der Waals surface area contributed by atoms with E-state index in [0.29, 0.717) is 11.1 Å². The van der Waals surface area contributed by atoms with Crippen molar-refractivity contribution in [3.05, 3.63) is 28.8 Å². The van der Waals surface area contributed by atoms with E-state index < -0.39 is 41.3 Å². The van der Waals surface area contributed by atoms with E-state index in [1.165, 1.54) is 4.90 Å². The summed E-state index contributed by atoms with van der Waals surface area (Å²) in [6.45, 7) is 4.22. The molecule has 15 heteroatoms. The van der Waals surface area contributed by atoms with Gasteiger partial charge in [0.2, 0.25) is 11.7 Å². The van der Waals surface area contributed by atoms with Crippen LogP contribution < -0.4 is 0 Å². The first-order chi connectivity index (χ1) is 19.7. The van der Waals surface area contributed by atoms with Crippen molar-refractivity contribution < 1.29 is 40.7 Å². The summed E-state index contributed by atoms with van der Waals surface area (Å²) >= 11 is 0. The highest BCUT2D eigenvalue weighted by Gasteiger charge is 2.55. The molecule has 2 aliphatic heterocycles. The lowest BCUT2D eigenvalue weighted by Gasteiger charge is -2.42. The minimum Gasteiger partial charge on any atom is -0.381 e. The average Bonchev–Trinajstić information content (AvgIpc) is 3.63. The monoisotopic (exact) mass is 602 g/mol. The van der Waals surface area contributed by atoms with Gasteiger partial charge in [0.25, 0.3) is 0 Å². The van der Waals surface area contributed by atoms with Gasteiger partial charge in [0.15, 0.2) is 0 Å². The zero-order chi connectivity index (χ0) is 30.4. The average molecular weight is 603 g/mol. The number of fused-ring (bicyclic) bond motifs is 1. The quantitative estimate of drug-likeness (QED) is 0.505. The second-order valence-electron chi connectivity index (χ2n) is 11.6. The van der Waals surface area contributed by atoms with E-state index in [0.717, 1.165) is 17.0 Å². The molecular formula is C27H32F6N6O3. The van der Waals surface area contributed by atoms with Gasteiger partial charge in [-0.05, 0) is 72.9 Å². The second kappa shape index (κ2) is 11.1. The van der Waals surface area contributed by atoms with Crippen LogP contribution in [-0.4, -0.2) is 80.3 Å². The third kappa shape index (κ3) is 5.59. The summed E-state index contributed by atoms with van der Waals surface area (Å²) in [5.41, 5.74) is -0.924. The van der Waals surface area contributed by atoms with Gasteiger partial charge in [-0.1, -0.05) is 13.8 Å². The predicted molar refractivity (Wildman–Crippen MR) is 135 cm³/mol. The molecule has 3 heterocycles. The van der Waals surface area contributed by atoms with Crippen LogP contribution in [0.3, 0.4) is 0 Å². The Labute approximate surface area is 237 Å². The van der Waals surface area contributed by atoms with Crippen molar-refractivity contribution in [3.8, 4) is 11.4 Å². The van der Waals surface area contributed by atoms with E-state index in [-0.39, 0.29) is 88.0 Å². The van der Waals surface area contributed by atoms with Crippen LogP contribution in [0.25, 0.3) is 11.4 Å². The molecule has 2 amide bonds. The number of carbonyl (C=O) groups is 2. The van der Waals surface area contributed by atoms with Crippen LogP contribution >= 0.6 is 0 Å². The number of aromatic nitrogens is 4. The van der Waals surface area contributed by atoms with E-state index >= 15 is 0 Å². The minimum atomic E-state index is -5.06. The molecule has 1 aromatic heterocycles. The maximum absolute atomic E-state index is 14.2. The molecule has 1 aromatic carbocycles. The number of nitrogens with zero attached hydrogens (tertiary/aromatic N) is 5. The van der Waals surface area contributed by atoms with Gasteiger partial charge in [-0.2, -0.15) is 31.6 Å². The largest absolute Gasteiger partial charge is 0.471 e. The highest BCUT2D eigenvalue weighted by molar-refractivity contribution is 5.85. The maximum atomic E-state index is 14.2. The van der Waals surface area contributed by atoms with Crippen LogP contribution in [0.4, 0.5) is 26.3 Å². The van der Waals surface area contributed by atoms with Crippen molar-refractivity contribution in [2.75, 3.05) is 19.8 Å². The Bertz CT molecular complexity index is 1310. The molecule has 0 spiro atoms. The zero-order valence-electron chi connectivity index (χ0n) is 23.2. The lowest BCUT2D eigenvalue weighted by Crippen LogP contribution is -2.54. The van der Waals surface area contributed by atoms with Gasteiger partial charge >= 0.3 is 18.3 Å². The molecule has 42 heavy (non-hydrogen) atoms. The number of hydrogen-bond acceptors (Lipinski definition) is 6. The van der Waals surface area contributed by atoms with Crippen LogP contribution in [0.2, 0.25) is 0 Å². The topological polar surface area (TPSA) is 104 Å². The second-order valence-corrected chi connectivity index (χ2v) is 11.6. The summed E-state index contributed by atoms with van der Waals surface area (Å²) in [4.78, 5) is 29.3. The zero-order valence-corrected chi connectivity index (χ0v) is 23.2. The molecule has 2 fully saturated rings. The Morgan fingerprint density at radius 3 is 2.40 bits per heavy atom. The molecule has 1 N–H and O–H groups in total. The summed E-state index contributed by atoms with van der Waals surface area (Å²) in [5.74, 6) is -2.51. The standard InChI is InChI=1S/C27H32F6N6O3/c1-15(2)25(7-3-19(13-25)39(24(41)27(31,32)33)18-5-9-42-10-6-18)23(40)38-8-4-20-16(14-38)11-17(26(28,29)30)12-21(20)22-34-36-37-35-22/h11-12,15,18-19H,3-10,13-14H2,1-2H3,(H,34,35,36,37)/t19-,25+/m1/s1. The number of H-pyrrole nitrogens is 1. The van der Waals surface area contributed by atoms with Crippen molar-refractivity contribution in [1.82, 2.24) is 30.4 Å². The van der Waals surface area contributed by atoms with Gasteiger partial charge in [0.05, 0.1) is 11.0 Å². The van der Waals surface area contributed by atoms with Crippen LogP contribution in [0, 0.1) is 11.3 Å². The number of carbonyl (C=O) groups excluding carboxylic acids is 2. The van der Waals surface area contributed by atoms with Crippen LogP contribution in [0.1, 0.15) is 62.6 Å². The Balaban J connectivity index is 1.44. The SMILES string of the molecule is CC(C)[C@]1(C(=O)N2CCc3c(cc(C(F)(F)F)cc3-c3nn[nH]n3)C2)CC[C@@H](N(C(=O)C(F)(F)F)C2CCOCC2)C1. The molecule has 1 saturated heterocycles. The molecule has 9 nitrogen and oxygen atoms in total. The lowest BCUT2D eigenvalue weighted by atomic mass is 9.73. The van der Waals surface area contributed by atoms with Crippen LogP contribution in [0.5, 0.6) is 0 Å². The number of ether oxygens (including phenoxy) is 1. The summed E-state index contributed by atoms with van der Waals surface area (Å²) in [6.07, 6.45) is -8.41. The van der Waals surface area contributed by atoms with Crippen molar-refractivity contribution in [1.29, 1.82) is 0 Å². The van der Waals surface area contributed by atoms with Crippen molar-refractivity contribution in [3.63, 3.8) is 0 Å². The van der Waals surface area contributed by atoms with E-state index in [1.54, 1.807) is 0 Å². The predicted octanol–water partition coefficient (Wildman–Crippen LogP) is 4.54. The fraction of sp³-hybridized carbons (Fsp3) is 0.667. The molecule has 230 valence electrons. The normalized spacial score (nSPS) is 23.7. The Kier molecular flexibility index (Phi) is 8.00. The molecular weight excluding hydrogens is 570 g/mol. The van der Waals surface area contributed by atoms with Crippen molar-refractivity contribution >= 4 is 11.8 Å². The van der Waals surface area contributed by atoms with Crippen molar-refractivity contribution in [2.45, 2.75) is 83.4 Å².